The molecule has 0 saturated heterocycles. The molecular weight excluding hydrogens is 259 g/mol. The van der Waals surface area contributed by atoms with Crippen LogP contribution in [0.1, 0.15) is 29.4 Å². The van der Waals surface area contributed by atoms with Gasteiger partial charge in [0.15, 0.2) is 0 Å². The molecule has 1 rings (SSSR count). The minimum Gasteiger partial charge on any atom is -0.337 e. The first-order valence-corrected chi connectivity index (χ1v) is 5.44. The summed E-state index contributed by atoms with van der Waals surface area (Å²) in [5.41, 5.74) is -0.989. The molecule has 1 atom stereocenters. The van der Waals surface area contributed by atoms with Crippen molar-refractivity contribution in [2.45, 2.75) is 25.6 Å². The molecule has 1 aromatic heterocycles. The lowest BCUT2D eigenvalue weighted by atomic mass is 10.2. The molecule has 19 heavy (non-hydrogen) atoms. The van der Waals surface area contributed by atoms with Gasteiger partial charge in [-0.1, -0.05) is 0 Å². The van der Waals surface area contributed by atoms with Crippen molar-refractivity contribution in [1.29, 1.82) is 5.26 Å². The summed E-state index contributed by atoms with van der Waals surface area (Å²) in [5.74, 6) is -0.517. The SMILES string of the molecule is CC(CC#N)N(C)C(=O)c1ccc(C(F)(F)F)cn1. The van der Waals surface area contributed by atoms with Gasteiger partial charge in [0.1, 0.15) is 5.69 Å². The summed E-state index contributed by atoms with van der Waals surface area (Å²) in [4.78, 5) is 16.7. The Balaban J connectivity index is 2.87. The Morgan fingerprint density at radius 3 is 2.58 bits per heavy atom. The van der Waals surface area contributed by atoms with Gasteiger partial charge in [-0.3, -0.25) is 9.78 Å². The molecule has 1 amide bonds. The van der Waals surface area contributed by atoms with E-state index in [1.807, 2.05) is 6.07 Å². The Kier molecular flexibility index (Phi) is 4.48. The molecule has 0 radical (unpaired) electrons. The molecule has 102 valence electrons. The maximum Gasteiger partial charge on any atom is 0.417 e. The zero-order chi connectivity index (χ0) is 14.6. The third-order valence-corrected chi connectivity index (χ3v) is 2.68. The first kappa shape index (κ1) is 15.0. The van der Waals surface area contributed by atoms with Gasteiger partial charge in [-0.15, -0.1) is 0 Å². The molecular formula is C12H12F3N3O. The zero-order valence-corrected chi connectivity index (χ0v) is 10.4. The summed E-state index contributed by atoms with van der Waals surface area (Å²) >= 11 is 0. The monoisotopic (exact) mass is 271 g/mol. The lowest BCUT2D eigenvalue weighted by Gasteiger charge is -2.22. The summed E-state index contributed by atoms with van der Waals surface area (Å²) < 4.78 is 37.0. The fraction of sp³-hybridized carbons (Fsp3) is 0.417. The largest absolute Gasteiger partial charge is 0.417 e. The average molecular weight is 271 g/mol. The standard InChI is InChI=1S/C12H12F3N3O/c1-8(5-6-16)18(2)11(19)10-4-3-9(7-17-10)12(13,14)15/h3-4,7-8H,5H2,1-2H3. The molecule has 1 aromatic rings. The van der Waals surface area contributed by atoms with Crippen LogP contribution >= 0.6 is 0 Å². The van der Waals surface area contributed by atoms with Crippen LogP contribution in [0.15, 0.2) is 18.3 Å². The molecule has 0 aromatic carbocycles. The Labute approximate surface area is 108 Å². The molecule has 4 nitrogen and oxygen atoms in total. The highest BCUT2D eigenvalue weighted by Gasteiger charge is 2.31. The van der Waals surface area contributed by atoms with Gasteiger partial charge >= 0.3 is 6.18 Å². The van der Waals surface area contributed by atoms with E-state index in [0.29, 0.717) is 6.20 Å². The highest BCUT2D eigenvalue weighted by molar-refractivity contribution is 5.92. The van der Waals surface area contributed by atoms with E-state index in [9.17, 15) is 18.0 Å². The molecule has 0 aliphatic carbocycles. The first-order valence-electron chi connectivity index (χ1n) is 5.44. The quantitative estimate of drug-likeness (QED) is 0.848. The van der Waals surface area contributed by atoms with E-state index in [0.717, 1.165) is 12.1 Å². The Bertz CT molecular complexity index is 490. The Morgan fingerprint density at radius 1 is 1.53 bits per heavy atom. The van der Waals surface area contributed by atoms with Crippen molar-refractivity contribution in [2.24, 2.45) is 0 Å². The van der Waals surface area contributed by atoms with E-state index in [2.05, 4.69) is 4.98 Å². The minimum absolute atomic E-state index is 0.0831. The van der Waals surface area contributed by atoms with E-state index in [1.165, 1.54) is 11.9 Å². The van der Waals surface area contributed by atoms with Crippen LogP contribution in [0.25, 0.3) is 0 Å². The lowest BCUT2D eigenvalue weighted by molar-refractivity contribution is -0.137. The van der Waals surface area contributed by atoms with Crippen LogP contribution in [0, 0.1) is 11.3 Å². The van der Waals surface area contributed by atoms with Crippen LogP contribution in [0.2, 0.25) is 0 Å². The molecule has 7 heteroatoms. The molecule has 0 fully saturated rings. The van der Waals surface area contributed by atoms with Crippen LogP contribution in [-0.4, -0.2) is 28.9 Å². The number of aromatic nitrogens is 1. The summed E-state index contributed by atoms with van der Waals surface area (Å²) in [6.07, 6.45) is -3.71. The van der Waals surface area contributed by atoms with Gasteiger partial charge in [-0.25, -0.2) is 0 Å². The van der Waals surface area contributed by atoms with E-state index < -0.39 is 17.6 Å². The summed E-state index contributed by atoms with van der Waals surface area (Å²) in [6, 6.07) is 3.43. The number of hydrogen-bond acceptors (Lipinski definition) is 3. The number of pyridine rings is 1. The van der Waals surface area contributed by atoms with Gasteiger partial charge < -0.3 is 4.90 Å². The van der Waals surface area contributed by atoms with Crippen molar-refractivity contribution in [3.8, 4) is 6.07 Å². The van der Waals surface area contributed by atoms with Gasteiger partial charge in [0.2, 0.25) is 0 Å². The maximum atomic E-state index is 12.3. The second kappa shape index (κ2) is 5.69. The number of nitriles is 1. The maximum absolute atomic E-state index is 12.3. The van der Waals surface area contributed by atoms with Gasteiger partial charge in [0.05, 0.1) is 18.1 Å². The van der Waals surface area contributed by atoms with Gasteiger partial charge in [0, 0.05) is 19.3 Å². The number of alkyl halides is 3. The third-order valence-electron chi connectivity index (χ3n) is 2.68. The molecule has 0 spiro atoms. The number of hydrogen-bond donors (Lipinski definition) is 0. The third kappa shape index (κ3) is 3.68. The lowest BCUT2D eigenvalue weighted by Crippen LogP contribution is -2.35. The predicted molar refractivity (Wildman–Crippen MR) is 61.0 cm³/mol. The van der Waals surface area contributed by atoms with Crippen molar-refractivity contribution in [1.82, 2.24) is 9.88 Å². The highest BCUT2D eigenvalue weighted by atomic mass is 19.4. The van der Waals surface area contributed by atoms with Gasteiger partial charge in [-0.05, 0) is 19.1 Å². The molecule has 1 unspecified atom stereocenters. The number of rotatable bonds is 3. The van der Waals surface area contributed by atoms with Crippen LogP contribution in [0.3, 0.4) is 0 Å². The second-order valence-corrected chi connectivity index (χ2v) is 4.06. The number of amides is 1. The van der Waals surface area contributed by atoms with Crippen LogP contribution in [0.5, 0.6) is 0 Å². The first-order chi connectivity index (χ1) is 8.77. The van der Waals surface area contributed by atoms with Crippen LogP contribution < -0.4 is 0 Å². The van der Waals surface area contributed by atoms with Crippen molar-refractivity contribution in [3.05, 3.63) is 29.6 Å². The molecule has 1 heterocycles. The smallest absolute Gasteiger partial charge is 0.337 e. The highest BCUT2D eigenvalue weighted by Crippen LogP contribution is 2.28. The van der Waals surface area contributed by atoms with Crippen LogP contribution in [-0.2, 0) is 6.18 Å². The minimum atomic E-state index is -4.48. The summed E-state index contributed by atoms with van der Waals surface area (Å²) in [6.45, 7) is 1.67. The van der Waals surface area contributed by atoms with Crippen molar-refractivity contribution >= 4 is 5.91 Å². The number of carbonyl (C=O) groups excluding carboxylic acids is 1. The van der Waals surface area contributed by atoms with Gasteiger partial charge in [-0.2, -0.15) is 18.4 Å². The summed E-state index contributed by atoms with van der Waals surface area (Å²) in [7, 11) is 1.48. The topological polar surface area (TPSA) is 57.0 Å². The normalized spacial score (nSPS) is 12.6. The Hall–Kier alpha value is -2.10. The number of nitrogens with zero attached hydrogens (tertiary/aromatic N) is 3. The molecule has 0 saturated carbocycles. The van der Waals surface area contributed by atoms with Crippen molar-refractivity contribution < 1.29 is 18.0 Å². The Morgan fingerprint density at radius 2 is 2.16 bits per heavy atom. The van der Waals surface area contributed by atoms with Crippen molar-refractivity contribution in [2.75, 3.05) is 7.05 Å². The summed E-state index contributed by atoms with van der Waals surface area (Å²) in [5, 5.41) is 8.54. The fourth-order valence-electron chi connectivity index (χ4n) is 1.34. The predicted octanol–water partition coefficient (Wildman–Crippen LogP) is 2.47. The van der Waals surface area contributed by atoms with E-state index in [-0.39, 0.29) is 18.2 Å². The van der Waals surface area contributed by atoms with E-state index in [1.54, 1.807) is 6.92 Å². The van der Waals surface area contributed by atoms with Crippen molar-refractivity contribution in [3.63, 3.8) is 0 Å². The van der Waals surface area contributed by atoms with E-state index >= 15 is 0 Å². The second-order valence-electron chi connectivity index (χ2n) is 4.06. The fourth-order valence-corrected chi connectivity index (χ4v) is 1.34. The zero-order valence-electron chi connectivity index (χ0n) is 10.4. The number of halogens is 3. The molecule has 0 aliphatic heterocycles. The molecule has 0 bridgehead atoms. The number of carbonyl (C=O) groups is 1. The molecule has 0 N–H and O–H groups in total. The van der Waals surface area contributed by atoms with E-state index in [4.69, 9.17) is 5.26 Å². The van der Waals surface area contributed by atoms with Gasteiger partial charge in [0.25, 0.3) is 5.91 Å². The average Bonchev–Trinajstić information content (AvgIpc) is 2.36. The van der Waals surface area contributed by atoms with Crippen LogP contribution in [0.4, 0.5) is 13.2 Å². The molecule has 0 aliphatic rings.